The molecule has 1 unspecified atom stereocenters. The van der Waals surface area contributed by atoms with Crippen molar-refractivity contribution in [3.63, 3.8) is 0 Å². The van der Waals surface area contributed by atoms with Crippen molar-refractivity contribution in [1.29, 1.82) is 0 Å². The first kappa shape index (κ1) is 82.5. The number of halogens is 1. The van der Waals surface area contributed by atoms with Crippen molar-refractivity contribution in [2.75, 3.05) is 88.6 Å². The summed E-state index contributed by atoms with van der Waals surface area (Å²) < 4.78 is 52.4. The van der Waals surface area contributed by atoms with E-state index in [0.717, 1.165) is 63.3 Å². The molecule has 9 rings (SSSR count). The molecule has 10 N–H and O–H groups in total. The van der Waals surface area contributed by atoms with Crippen molar-refractivity contribution in [1.82, 2.24) is 15.0 Å². The van der Waals surface area contributed by atoms with Crippen molar-refractivity contribution in [3.8, 4) is 40.2 Å². The number of ketones is 1. The first-order valence-corrected chi connectivity index (χ1v) is 37.4. The van der Waals surface area contributed by atoms with Crippen LogP contribution in [0.3, 0.4) is 0 Å². The third kappa shape index (κ3) is 24.6. The predicted octanol–water partition coefficient (Wildman–Crippen LogP) is 11.8. The summed E-state index contributed by atoms with van der Waals surface area (Å²) in [5, 5.41) is 12.9. The summed E-state index contributed by atoms with van der Waals surface area (Å²) in [6, 6.07) is 18.9. The first-order valence-electron chi connectivity index (χ1n) is 29.2. The van der Waals surface area contributed by atoms with Gasteiger partial charge in [0.2, 0.25) is 0 Å². The molecule has 1 radical (unpaired) electrons. The van der Waals surface area contributed by atoms with E-state index in [9.17, 15) is 24.0 Å². The molecular weight excluding hydrogens is 1340 g/mol. The molecule has 95 heavy (non-hydrogen) atoms. The number of aliphatic hydroxyl groups is 1. The van der Waals surface area contributed by atoms with Gasteiger partial charge in [-0.15, -0.1) is 11.5 Å². The van der Waals surface area contributed by atoms with Crippen LogP contribution < -0.4 is 46.2 Å². The van der Waals surface area contributed by atoms with Crippen LogP contribution in [0.5, 0.6) is 28.7 Å². The van der Waals surface area contributed by atoms with E-state index in [0.29, 0.717) is 72.4 Å². The minimum absolute atomic E-state index is 0.00859. The Balaban J connectivity index is 0.000000384. The number of aliphatic hydroxyl groups excluding tert-OH is 1. The summed E-state index contributed by atoms with van der Waals surface area (Å²) in [4.78, 5) is 67.2. The number of hydrogen-bond donors (Lipinski definition) is 8. The number of nitrogen functional groups attached to an aromatic ring is 2. The number of fused-ring (bicyclic) bond motifs is 3. The Morgan fingerprint density at radius 1 is 0.632 bits per heavy atom. The van der Waals surface area contributed by atoms with E-state index in [4.69, 9.17) is 60.2 Å². The zero-order valence-electron chi connectivity index (χ0n) is 57.6. The second-order valence-corrected chi connectivity index (χ2v) is 33.3. The van der Waals surface area contributed by atoms with Crippen LogP contribution in [0.1, 0.15) is 88.2 Å². The molecule has 8 aromatic rings. The van der Waals surface area contributed by atoms with Gasteiger partial charge in [0.05, 0.1) is 84.2 Å². The standard InChI is InChI=1S/C15H21NO3Si.C12H14N2O2.C12H13NO3.C9H10BrNO3.C9H11NO3.C6H12Si.C4H8O2.BHNS/c1-9-10-7-11(15(17)19-3)13(18-2)8-12(10)16-14(9)20(4,5)6;1-7-6-14-10-4-12(16-2)9(3-8(7)10)11(15)5-13;1-7-6-13-10-5-11(15-2)9(4-8(7)10)12(14)16-3;1-13-8-4-7(11)6(10)3-5(8)9(12)14-2;1-12-8-5-6(10)3-4-7(8)9(11)13-2;1-5-6-7(2,3)4;5-4-2-1-3-6-4;1-2-3/h7-8,16H,1-6H3;3-4,6,14H,5,13H2,1-2H3;4-6,13H,1-3H3;3-4H,11H2,1-2H3;3-5H,10H2,1-2H3;1-4H3;4-5H,1-3H2;3H. The fraction of sp³-hybridized carbons (Fsp3) is 0.358. The molecule has 513 valence electrons. The van der Waals surface area contributed by atoms with E-state index in [2.05, 4.69) is 123 Å². The van der Waals surface area contributed by atoms with Gasteiger partial charge in [-0.2, -0.15) is 0 Å². The molecule has 28 heteroatoms. The molecule has 1 aliphatic rings. The molecule has 1 fully saturated rings. The molecule has 3 aromatic heterocycles. The number of ether oxygens (including phenoxy) is 10. The van der Waals surface area contributed by atoms with Gasteiger partial charge < -0.3 is 84.6 Å². The van der Waals surface area contributed by atoms with Gasteiger partial charge in [-0.25, -0.2) is 19.2 Å². The molecule has 1 atom stereocenters. The fourth-order valence-corrected chi connectivity index (χ4v) is 11.9. The van der Waals surface area contributed by atoms with E-state index < -0.39 is 34.4 Å². The van der Waals surface area contributed by atoms with E-state index >= 15 is 0 Å². The summed E-state index contributed by atoms with van der Waals surface area (Å²) in [5.74, 6) is 3.59. The molecule has 0 bridgehead atoms. The fourth-order valence-electron chi connectivity index (χ4n) is 8.99. The van der Waals surface area contributed by atoms with E-state index in [1.807, 2.05) is 57.4 Å². The molecule has 4 heterocycles. The topological polar surface area (TPSA) is 336 Å². The van der Waals surface area contributed by atoms with Crippen molar-refractivity contribution < 1.29 is 76.4 Å². The van der Waals surface area contributed by atoms with Crippen molar-refractivity contribution in [3.05, 3.63) is 128 Å². The average Bonchev–Trinajstić information content (AvgIpc) is 1.65. The van der Waals surface area contributed by atoms with Crippen LogP contribution in [-0.2, 0) is 23.7 Å². The summed E-state index contributed by atoms with van der Waals surface area (Å²) in [5.41, 5.74) is 29.2. The van der Waals surface area contributed by atoms with Gasteiger partial charge in [0.1, 0.15) is 59.1 Å². The zero-order chi connectivity index (χ0) is 72.1. The maximum absolute atomic E-state index is 11.8. The molecule has 0 amide bonds. The Kier molecular flexibility index (Phi) is 34.7. The second-order valence-electron chi connectivity index (χ2n) is 22.4. The molecule has 0 saturated carbocycles. The quantitative estimate of drug-likeness (QED) is 0.0107. The molecule has 1 aliphatic heterocycles. The third-order valence-corrected chi connectivity index (χ3v) is 17.3. The Labute approximate surface area is 572 Å². The number of anilines is 2. The normalized spacial score (nSPS) is 11.7. The van der Waals surface area contributed by atoms with Crippen LogP contribution in [0.15, 0.2) is 87.9 Å². The van der Waals surface area contributed by atoms with Crippen LogP contribution >= 0.6 is 28.7 Å². The number of Topliss-reactive ketones (excluding diaryl/α,β-unsaturated/α-hetero) is 1. The number of methoxy groups -OCH3 is 9. The Bertz CT molecular complexity index is 3860. The molecule has 1 saturated heterocycles. The minimum atomic E-state index is -1.45. The van der Waals surface area contributed by atoms with Gasteiger partial charge in [0, 0.05) is 110 Å². The van der Waals surface area contributed by atoms with Crippen molar-refractivity contribution in [2.45, 2.75) is 86.1 Å². The van der Waals surface area contributed by atoms with Gasteiger partial charge >= 0.3 is 48.6 Å². The van der Waals surface area contributed by atoms with Gasteiger partial charge in [-0.3, -0.25) is 4.79 Å². The number of rotatable bonds is 12. The van der Waals surface area contributed by atoms with Crippen LogP contribution in [-0.4, -0.2) is 157 Å². The monoisotopic (exact) mass is 1430 g/mol. The van der Waals surface area contributed by atoms with E-state index in [-0.39, 0.29) is 24.3 Å². The van der Waals surface area contributed by atoms with Crippen LogP contribution in [0.2, 0.25) is 39.3 Å². The summed E-state index contributed by atoms with van der Waals surface area (Å²) in [6.45, 7) is 22.3. The molecule has 5 aromatic carbocycles. The van der Waals surface area contributed by atoms with Gasteiger partial charge in [-0.1, -0.05) is 39.3 Å². The summed E-state index contributed by atoms with van der Waals surface area (Å²) in [7, 11) is 14.8. The van der Waals surface area contributed by atoms with Gasteiger partial charge in [0.15, 0.2) is 12.1 Å². The van der Waals surface area contributed by atoms with Crippen LogP contribution in [0.25, 0.3) is 32.7 Å². The number of thiol groups is 1. The number of hydrogen-bond acceptors (Lipinski definition) is 21. The number of nitrogens with one attached hydrogen (secondary N) is 3. The van der Waals surface area contributed by atoms with Gasteiger partial charge in [-0.05, 0) is 103 Å². The van der Waals surface area contributed by atoms with Gasteiger partial charge in [0.25, 0.3) is 0 Å². The number of nitrogens with zero attached hydrogens (tertiary/aromatic N) is 1. The number of carbonyl (C=O) groups is 5. The van der Waals surface area contributed by atoms with Crippen LogP contribution in [0, 0.1) is 32.2 Å². The number of esters is 4. The number of carbonyl (C=O) groups excluding carboxylic acids is 5. The number of H-pyrrole nitrogens is 3. The Morgan fingerprint density at radius 3 is 1.40 bits per heavy atom. The first-order chi connectivity index (χ1) is 44.8. The zero-order valence-corrected chi connectivity index (χ0v) is 62.0. The SMILES string of the molecule is CC#C[Si](C)(C)C.COC(=O)c1cc(Br)c(N)cc1OC.COC(=O)c1cc2c(C)c([Si](C)(C)C)[nH]c2cc1OC.COC(=O)c1cc2c(C)c[nH]c2cc1OC.COC(=O)c1ccc(N)cc1OC.COc1cc2[nH]cc(C)c2cc1C(=O)CN.OC1CCCO1.[B]=NS. The number of aryl methyl sites for hydroxylation is 3. The van der Waals surface area contributed by atoms with Crippen molar-refractivity contribution in [2.24, 2.45) is 10.0 Å². The maximum atomic E-state index is 11.8. The van der Waals surface area contributed by atoms with Crippen LogP contribution in [0.4, 0.5) is 11.4 Å². The summed E-state index contributed by atoms with van der Waals surface area (Å²) in [6.07, 6.45) is 5.18. The van der Waals surface area contributed by atoms with E-state index in [1.54, 1.807) is 56.7 Å². The Hall–Kier alpha value is -8.56. The second kappa shape index (κ2) is 40.0. The molecule has 0 spiro atoms. The molecule has 0 aliphatic carbocycles. The number of nitrogens with two attached hydrogens (primary N) is 3. The van der Waals surface area contributed by atoms with Crippen molar-refractivity contribution >= 4 is 132 Å². The number of benzene rings is 5. The number of aromatic amines is 3. The Morgan fingerprint density at radius 2 is 1.03 bits per heavy atom. The van der Waals surface area contributed by atoms with E-state index in [1.165, 1.54) is 60.6 Å². The molecular formula is C67H90BBrN7O16SSi2. The summed E-state index contributed by atoms with van der Waals surface area (Å²) >= 11 is 6.41. The molecule has 23 nitrogen and oxygen atoms in total. The number of aromatic nitrogens is 3. The average molecular weight is 1430 g/mol. The predicted molar refractivity (Wildman–Crippen MR) is 388 cm³/mol. The third-order valence-electron chi connectivity index (χ3n) is 13.6.